The van der Waals surface area contributed by atoms with Crippen LogP contribution in [0.15, 0.2) is 29.2 Å². The summed E-state index contributed by atoms with van der Waals surface area (Å²) in [6.45, 7) is 9.73. The second-order valence-electron chi connectivity index (χ2n) is 7.98. The molecule has 1 aliphatic heterocycles. The molecule has 1 saturated heterocycles. The fourth-order valence-electron chi connectivity index (χ4n) is 3.93. The quantitative estimate of drug-likeness (QED) is 0.706. The van der Waals surface area contributed by atoms with Crippen molar-refractivity contribution in [1.82, 2.24) is 14.9 Å². The summed E-state index contributed by atoms with van der Waals surface area (Å²) in [5.41, 5.74) is 0.950. The SMILES string of the molecule is CNS(=O)(=O)c1ccc(CCC(=O)NC(C)CN2CC(C)CC(C)C2)cc1. The zero-order valence-electron chi connectivity index (χ0n) is 16.9. The molecule has 1 heterocycles. The lowest BCUT2D eigenvalue weighted by atomic mass is 9.92. The number of likely N-dealkylation sites (tertiary alicyclic amines) is 1. The second-order valence-corrected chi connectivity index (χ2v) is 9.87. The van der Waals surface area contributed by atoms with E-state index in [2.05, 4.69) is 35.7 Å². The first-order valence-electron chi connectivity index (χ1n) is 9.73. The van der Waals surface area contributed by atoms with Gasteiger partial charge in [0.25, 0.3) is 0 Å². The molecule has 3 unspecified atom stereocenters. The Kier molecular flexibility index (Phi) is 7.82. The molecule has 0 saturated carbocycles. The number of hydrogen-bond acceptors (Lipinski definition) is 4. The Labute approximate surface area is 163 Å². The molecule has 152 valence electrons. The average Bonchev–Trinajstić information content (AvgIpc) is 2.59. The van der Waals surface area contributed by atoms with E-state index in [-0.39, 0.29) is 16.8 Å². The van der Waals surface area contributed by atoms with Gasteiger partial charge in [0, 0.05) is 32.1 Å². The number of nitrogens with one attached hydrogen (secondary N) is 2. The van der Waals surface area contributed by atoms with Crippen LogP contribution in [0.1, 0.15) is 39.2 Å². The molecule has 0 aromatic heterocycles. The van der Waals surface area contributed by atoms with Gasteiger partial charge in [-0.05, 0) is 56.3 Å². The molecule has 3 atom stereocenters. The molecule has 0 bridgehead atoms. The normalized spacial score (nSPS) is 22.4. The lowest BCUT2D eigenvalue weighted by molar-refractivity contribution is -0.121. The van der Waals surface area contributed by atoms with Crippen LogP contribution in [-0.2, 0) is 21.2 Å². The first-order valence-corrected chi connectivity index (χ1v) is 11.2. The van der Waals surface area contributed by atoms with Gasteiger partial charge < -0.3 is 10.2 Å². The lowest BCUT2D eigenvalue weighted by Crippen LogP contribution is -2.47. The number of rotatable bonds is 8. The predicted molar refractivity (Wildman–Crippen MR) is 108 cm³/mol. The molecule has 6 nitrogen and oxygen atoms in total. The zero-order chi connectivity index (χ0) is 20.0. The summed E-state index contributed by atoms with van der Waals surface area (Å²) in [4.78, 5) is 14.9. The van der Waals surface area contributed by atoms with Gasteiger partial charge >= 0.3 is 0 Å². The molecule has 1 aliphatic rings. The van der Waals surface area contributed by atoms with E-state index < -0.39 is 10.0 Å². The number of hydrogen-bond donors (Lipinski definition) is 2. The fraction of sp³-hybridized carbons (Fsp3) is 0.650. The zero-order valence-corrected chi connectivity index (χ0v) is 17.7. The number of carbonyl (C=O) groups excluding carboxylic acids is 1. The number of benzene rings is 1. The molecule has 2 N–H and O–H groups in total. The lowest BCUT2D eigenvalue weighted by Gasteiger charge is -2.36. The maximum absolute atomic E-state index is 12.2. The van der Waals surface area contributed by atoms with E-state index in [0.29, 0.717) is 24.7 Å². The van der Waals surface area contributed by atoms with Crippen LogP contribution >= 0.6 is 0 Å². The van der Waals surface area contributed by atoms with Gasteiger partial charge in [-0.15, -0.1) is 0 Å². The third kappa shape index (κ3) is 6.90. The van der Waals surface area contributed by atoms with Crippen molar-refractivity contribution in [1.29, 1.82) is 0 Å². The molecule has 1 aromatic rings. The highest BCUT2D eigenvalue weighted by Crippen LogP contribution is 2.20. The van der Waals surface area contributed by atoms with Crippen LogP contribution in [0.4, 0.5) is 0 Å². The van der Waals surface area contributed by atoms with Gasteiger partial charge in [-0.1, -0.05) is 26.0 Å². The molecule has 0 radical (unpaired) electrons. The van der Waals surface area contributed by atoms with Gasteiger partial charge in [-0.25, -0.2) is 13.1 Å². The van der Waals surface area contributed by atoms with Gasteiger partial charge in [0.2, 0.25) is 15.9 Å². The largest absolute Gasteiger partial charge is 0.352 e. The fourth-order valence-corrected chi connectivity index (χ4v) is 4.66. The van der Waals surface area contributed by atoms with E-state index in [9.17, 15) is 13.2 Å². The number of aryl methyl sites for hydroxylation is 1. The number of piperidine rings is 1. The van der Waals surface area contributed by atoms with E-state index in [1.165, 1.54) is 13.5 Å². The average molecular weight is 396 g/mol. The van der Waals surface area contributed by atoms with Crippen molar-refractivity contribution in [2.45, 2.75) is 51.0 Å². The topological polar surface area (TPSA) is 78.5 Å². The maximum atomic E-state index is 12.2. The third-order valence-corrected chi connectivity index (χ3v) is 6.46. The predicted octanol–water partition coefficient (Wildman–Crippen LogP) is 2.01. The van der Waals surface area contributed by atoms with Gasteiger partial charge in [0.1, 0.15) is 0 Å². The van der Waals surface area contributed by atoms with Crippen molar-refractivity contribution in [3.8, 4) is 0 Å². The molecule has 7 heteroatoms. The van der Waals surface area contributed by atoms with Crippen molar-refractivity contribution < 1.29 is 13.2 Å². The number of nitrogens with zero attached hydrogens (tertiary/aromatic N) is 1. The Bertz CT molecular complexity index is 708. The van der Waals surface area contributed by atoms with Gasteiger partial charge in [0.05, 0.1) is 4.90 Å². The Morgan fingerprint density at radius 2 is 1.78 bits per heavy atom. The van der Waals surface area contributed by atoms with Gasteiger partial charge in [-0.2, -0.15) is 0 Å². The van der Waals surface area contributed by atoms with Crippen molar-refractivity contribution >= 4 is 15.9 Å². The van der Waals surface area contributed by atoms with Gasteiger partial charge in [-0.3, -0.25) is 4.79 Å². The number of carbonyl (C=O) groups is 1. The Morgan fingerprint density at radius 1 is 1.19 bits per heavy atom. The van der Waals surface area contributed by atoms with Crippen molar-refractivity contribution in [2.75, 3.05) is 26.7 Å². The first-order chi connectivity index (χ1) is 12.7. The summed E-state index contributed by atoms with van der Waals surface area (Å²) in [6, 6.07) is 6.79. The summed E-state index contributed by atoms with van der Waals surface area (Å²) < 4.78 is 25.7. The molecule has 0 spiro atoms. The number of amides is 1. The van der Waals surface area contributed by atoms with Crippen LogP contribution in [-0.4, -0.2) is 51.9 Å². The summed E-state index contributed by atoms with van der Waals surface area (Å²) in [5, 5.41) is 3.09. The van der Waals surface area contributed by atoms with E-state index in [1.54, 1.807) is 24.3 Å². The summed E-state index contributed by atoms with van der Waals surface area (Å²) in [7, 11) is -2.03. The minimum absolute atomic E-state index is 0.0347. The Morgan fingerprint density at radius 3 is 2.33 bits per heavy atom. The highest BCUT2D eigenvalue weighted by Gasteiger charge is 2.23. The summed E-state index contributed by atoms with van der Waals surface area (Å²) in [5.74, 6) is 1.46. The van der Waals surface area contributed by atoms with Crippen molar-refractivity contribution in [3.63, 3.8) is 0 Å². The molecule has 1 amide bonds. The van der Waals surface area contributed by atoms with E-state index >= 15 is 0 Å². The molecular formula is C20H33N3O3S. The van der Waals surface area contributed by atoms with E-state index in [4.69, 9.17) is 0 Å². The monoisotopic (exact) mass is 395 g/mol. The highest BCUT2D eigenvalue weighted by atomic mass is 32.2. The van der Waals surface area contributed by atoms with Crippen LogP contribution in [0, 0.1) is 11.8 Å². The van der Waals surface area contributed by atoms with Crippen molar-refractivity contribution in [2.24, 2.45) is 11.8 Å². The second kappa shape index (κ2) is 9.66. The van der Waals surface area contributed by atoms with Crippen LogP contribution in [0.5, 0.6) is 0 Å². The smallest absolute Gasteiger partial charge is 0.240 e. The molecule has 27 heavy (non-hydrogen) atoms. The minimum Gasteiger partial charge on any atom is -0.352 e. The van der Waals surface area contributed by atoms with Crippen molar-refractivity contribution in [3.05, 3.63) is 29.8 Å². The standard InChI is InChI=1S/C20H33N3O3S/c1-15-11-16(2)13-23(12-15)14-17(3)22-20(24)10-7-18-5-8-19(9-6-18)27(25,26)21-4/h5-6,8-9,15-17,21H,7,10-14H2,1-4H3,(H,22,24). The van der Waals surface area contributed by atoms with Crippen LogP contribution in [0.2, 0.25) is 0 Å². The number of sulfonamides is 1. The minimum atomic E-state index is -3.42. The molecule has 1 fully saturated rings. The van der Waals surface area contributed by atoms with Crippen LogP contribution in [0.25, 0.3) is 0 Å². The Hall–Kier alpha value is -1.44. The van der Waals surface area contributed by atoms with E-state index in [1.807, 2.05) is 0 Å². The van der Waals surface area contributed by atoms with Crippen LogP contribution in [0.3, 0.4) is 0 Å². The summed E-state index contributed by atoms with van der Waals surface area (Å²) >= 11 is 0. The highest BCUT2D eigenvalue weighted by molar-refractivity contribution is 7.89. The first kappa shape index (κ1) is 21.9. The molecular weight excluding hydrogens is 362 g/mol. The molecule has 2 rings (SSSR count). The maximum Gasteiger partial charge on any atom is 0.240 e. The van der Waals surface area contributed by atoms with Crippen LogP contribution < -0.4 is 10.0 Å². The molecule has 0 aliphatic carbocycles. The third-order valence-electron chi connectivity index (χ3n) is 5.03. The summed E-state index contributed by atoms with van der Waals surface area (Å²) in [6.07, 6.45) is 2.27. The van der Waals surface area contributed by atoms with Gasteiger partial charge in [0.15, 0.2) is 0 Å². The van der Waals surface area contributed by atoms with E-state index in [0.717, 1.165) is 25.2 Å². The Balaban J connectivity index is 1.77. The molecule has 1 aromatic carbocycles.